The minimum atomic E-state index is -0.226. The predicted octanol–water partition coefficient (Wildman–Crippen LogP) is 3.75. The lowest BCUT2D eigenvalue weighted by Crippen LogP contribution is -2.25. The van der Waals surface area contributed by atoms with E-state index < -0.39 is 0 Å². The van der Waals surface area contributed by atoms with Gasteiger partial charge in [-0.05, 0) is 30.9 Å². The van der Waals surface area contributed by atoms with E-state index in [0.717, 1.165) is 42.8 Å². The van der Waals surface area contributed by atoms with Crippen molar-refractivity contribution in [3.05, 3.63) is 51.4 Å². The van der Waals surface area contributed by atoms with Crippen molar-refractivity contribution >= 4 is 39.8 Å². The van der Waals surface area contributed by atoms with E-state index in [4.69, 9.17) is 9.72 Å². The zero-order chi connectivity index (χ0) is 21.8. The quantitative estimate of drug-likeness (QED) is 0.516. The van der Waals surface area contributed by atoms with Gasteiger partial charge in [0.05, 0.1) is 24.0 Å². The van der Waals surface area contributed by atoms with Gasteiger partial charge < -0.3 is 4.74 Å². The van der Waals surface area contributed by atoms with E-state index in [1.807, 2.05) is 29.6 Å². The van der Waals surface area contributed by atoms with Crippen LogP contribution in [0.25, 0.3) is 0 Å². The lowest BCUT2D eigenvalue weighted by Gasteiger charge is -2.20. The van der Waals surface area contributed by atoms with Gasteiger partial charge in [-0.2, -0.15) is 0 Å². The van der Waals surface area contributed by atoms with E-state index in [1.165, 1.54) is 23.1 Å². The number of nitrogens with one attached hydrogen (secondary N) is 1. The van der Waals surface area contributed by atoms with E-state index in [9.17, 15) is 9.59 Å². The number of rotatable bonds is 8. The van der Waals surface area contributed by atoms with Gasteiger partial charge in [0.2, 0.25) is 5.91 Å². The summed E-state index contributed by atoms with van der Waals surface area (Å²) in [6, 6.07) is 7.88. The summed E-state index contributed by atoms with van der Waals surface area (Å²) in [5.41, 5.74) is 2.57. The van der Waals surface area contributed by atoms with Crippen molar-refractivity contribution in [2.45, 2.75) is 56.7 Å². The number of carbonyl (C=O) groups is 1. The van der Waals surface area contributed by atoms with E-state index >= 15 is 0 Å². The molecule has 8 nitrogen and oxygen atoms in total. The van der Waals surface area contributed by atoms with Gasteiger partial charge in [-0.3, -0.25) is 14.3 Å². The van der Waals surface area contributed by atoms with Crippen molar-refractivity contribution in [3.63, 3.8) is 0 Å². The van der Waals surface area contributed by atoms with Gasteiger partial charge >= 0.3 is 5.69 Å². The highest BCUT2D eigenvalue weighted by Gasteiger charge is 2.22. The number of thiazole rings is 1. The Balaban J connectivity index is 1.49. The molecule has 1 aliphatic heterocycles. The number of carbonyl (C=O) groups excluding carboxylic acids is 1. The molecule has 0 bridgehead atoms. The molecule has 31 heavy (non-hydrogen) atoms. The molecule has 1 N–H and O–H groups in total. The molecule has 1 fully saturated rings. The van der Waals surface area contributed by atoms with E-state index in [2.05, 4.69) is 17.1 Å². The van der Waals surface area contributed by atoms with Crippen LogP contribution >= 0.6 is 23.1 Å². The van der Waals surface area contributed by atoms with E-state index in [1.54, 1.807) is 16.4 Å². The fourth-order valence-corrected chi connectivity index (χ4v) is 5.44. The smallest absolute Gasteiger partial charge is 0.344 e. The molecule has 3 aromatic rings. The van der Waals surface area contributed by atoms with Crippen LogP contribution in [-0.2, 0) is 28.2 Å². The summed E-state index contributed by atoms with van der Waals surface area (Å²) in [6.45, 7) is 4.87. The zero-order valence-electron chi connectivity index (χ0n) is 17.5. The first-order valence-corrected chi connectivity index (χ1v) is 12.2. The third-order valence-corrected chi connectivity index (χ3v) is 7.03. The Hall–Kier alpha value is -2.43. The maximum absolute atomic E-state index is 12.4. The second kappa shape index (κ2) is 9.80. The highest BCUT2D eigenvalue weighted by molar-refractivity contribution is 7.98. The van der Waals surface area contributed by atoms with Crippen LogP contribution in [0.15, 0.2) is 39.6 Å². The van der Waals surface area contributed by atoms with Crippen LogP contribution in [0.5, 0.6) is 0 Å². The molecular weight excluding hydrogens is 434 g/mol. The van der Waals surface area contributed by atoms with E-state index in [0.29, 0.717) is 22.6 Å². The number of ether oxygens (including phenoxy) is 1. The molecule has 1 saturated heterocycles. The zero-order valence-corrected chi connectivity index (χ0v) is 19.2. The monoisotopic (exact) mass is 459 g/mol. The van der Waals surface area contributed by atoms with Crippen LogP contribution in [0.1, 0.15) is 37.9 Å². The maximum atomic E-state index is 12.4. The average molecular weight is 460 g/mol. The number of amides is 1. The fraction of sp³-hybridized carbons (Fsp3) is 0.429. The van der Waals surface area contributed by atoms with Gasteiger partial charge in [0.25, 0.3) is 0 Å². The van der Waals surface area contributed by atoms with Crippen LogP contribution in [-0.4, -0.2) is 38.4 Å². The molecule has 0 aliphatic carbocycles. The second-order valence-corrected chi connectivity index (χ2v) is 9.08. The first-order valence-electron chi connectivity index (χ1n) is 10.3. The number of thioether (sulfide) groups is 1. The first kappa shape index (κ1) is 21.8. The number of hydrogen-bond donors (Lipinski definition) is 1. The molecule has 1 unspecified atom stereocenters. The lowest BCUT2D eigenvalue weighted by molar-refractivity contribution is -0.115. The van der Waals surface area contributed by atoms with Crippen molar-refractivity contribution in [1.82, 2.24) is 19.7 Å². The molecular formula is C21H25N5O3S2. The third kappa shape index (κ3) is 4.91. The average Bonchev–Trinajstić information content (AvgIpc) is 3.51. The minimum Gasteiger partial charge on any atom is -0.376 e. The maximum Gasteiger partial charge on any atom is 0.344 e. The van der Waals surface area contributed by atoms with Crippen LogP contribution in [0, 0.1) is 0 Å². The van der Waals surface area contributed by atoms with Crippen molar-refractivity contribution in [3.8, 4) is 0 Å². The largest absolute Gasteiger partial charge is 0.376 e. The highest BCUT2D eigenvalue weighted by Crippen LogP contribution is 2.33. The summed E-state index contributed by atoms with van der Waals surface area (Å²) in [4.78, 5) is 30.9. The molecule has 1 aromatic carbocycles. The molecule has 3 heterocycles. The Morgan fingerprint density at radius 2 is 2.26 bits per heavy atom. The number of anilines is 2. The normalized spacial score (nSPS) is 16.0. The molecule has 0 spiro atoms. The van der Waals surface area contributed by atoms with Gasteiger partial charge in [0, 0.05) is 24.7 Å². The minimum absolute atomic E-state index is 0.0586. The number of aromatic amines is 1. The Morgan fingerprint density at radius 1 is 1.42 bits per heavy atom. The molecule has 2 aromatic heterocycles. The summed E-state index contributed by atoms with van der Waals surface area (Å²) >= 11 is 2.88. The van der Waals surface area contributed by atoms with Crippen molar-refractivity contribution in [2.75, 3.05) is 11.5 Å². The Kier molecular flexibility index (Phi) is 6.89. The number of benzene rings is 1. The van der Waals surface area contributed by atoms with Gasteiger partial charge in [-0.25, -0.2) is 14.9 Å². The number of para-hydroxylation sites is 1. The van der Waals surface area contributed by atoms with Gasteiger partial charge in [0.1, 0.15) is 0 Å². The van der Waals surface area contributed by atoms with Crippen molar-refractivity contribution in [1.29, 1.82) is 0 Å². The van der Waals surface area contributed by atoms with Gasteiger partial charge in [0.15, 0.2) is 10.3 Å². The van der Waals surface area contributed by atoms with Crippen LogP contribution in [0.2, 0.25) is 0 Å². The molecule has 4 rings (SSSR count). The number of nitrogens with zero attached hydrogens (tertiary/aromatic N) is 4. The lowest BCUT2D eigenvalue weighted by atomic mass is 10.1. The summed E-state index contributed by atoms with van der Waals surface area (Å²) in [5, 5.41) is 9.90. The number of H-pyrrole nitrogens is 1. The van der Waals surface area contributed by atoms with Crippen molar-refractivity contribution in [2.24, 2.45) is 0 Å². The number of aromatic nitrogens is 4. The van der Waals surface area contributed by atoms with Gasteiger partial charge in [-0.1, -0.05) is 36.9 Å². The summed E-state index contributed by atoms with van der Waals surface area (Å²) < 4.78 is 7.29. The Labute approximate surface area is 188 Å². The Morgan fingerprint density at radius 3 is 3.00 bits per heavy atom. The third-order valence-electron chi connectivity index (χ3n) is 5.14. The highest BCUT2D eigenvalue weighted by atomic mass is 32.2. The number of aryl methyl sites for hydroxylation is 1. The summed E-state index contributed by atoms with van der Waals surface area (Å²) in [6.07, 6.45) is 2.87. The molecule has 1 atom stereocenters. The Bertz CT molecular complexity index is 1100. The molecule has 0 radical (unpaired) electrons. The topological polar surface area (TPSA) is 93.1 Å². The summed E-state index contributed by atoms with van der Waals surface area (Å²) in [5.74, 6) is 0.472. The number of hydrogen-bond acceptors (Lipinski definition) is 7. The fourth-order valence-electron chi connectivity index (χ4n) is 3.61. The van der Waals surface area contributed by atoms with Gasteiger partial charge in [-0.15, -0.1) is 16.4 Å². The molecule has 1 amide bonds. The standard InChI is InChI=1S/C21H25N5O3S2/c1-3-15-7-4-5-9-18(15)26(14(2)27)20-22-16(12-30-20)13-31-21-24-23-19(28)25(21)11-17-8-6-10-29-17/h4-5,7,9,12,17H,3,6,8,10-11,13H2,1-2H3,(H,23,28). The molecule has 164 valence electrons. The summed E-state index contributed by atoms with van der Waals surface area (Å²) in [7, 11) is 0. The first-order chi connectivity index (χ1) is 15.1. The van der Waals surface area contributed by atoms with Crippen molar-refractivity contribution < 1.29 is 9.53 Å². The molecule has 1 aliphatic rings. The van der Waals surface area contributed by atoms with E-state index in [-0.39, 0.29) is 17.7 Å². The van der Waals surface area contributed by atoms with Crippen LogP contribution < -0.4 is 10.6 Å². The second-order valence-electron chi connectivity index (χ2n) is 7.30. The SMILES string of the molecule is CCc1ccccc1N(C(C)=O)c1nc(CSc2n[nH]c(=O)n2CC2CCCO2)cs1. The predicted molar refractivity (Wildman–Crippen MR) is 122 cm³/mol. The van der Waals surface area contributed by atoms with Crippen LogP contribution in [0.3, 0.4) is 0 Å². The molecule has 0 saturated carbocycles. The van der Waals surface area contributed by atoms with Crippen LogP contribution in [0.4, 0.5) is 10.8 Å². The molecule has 10 heteroatoms.